The molecule has 4 atom stereocenters. The van der Waals surface area contributed by atoms with Crippen molar-refractivity contribution >= 4 is 17.0 Å². The van der Waals surface area contributed by atoms with E-state index >= 15 is 0 Å². The van der Waals surface area contributed by atoms with Crippen LogP contribution in [0.4, 0.5) is 0 Å². The SMILES string of the molecule is CC(CC1OCCc2ccccc21)C1(CC(O)c2ccc3ccccc3c2)C=CC=N1. The van der Waals surface area contributed by atoms with Crippen molar-refractivity contribution in [3.8, 4) is 0 Å². The van der Waals surface area contributed by atoms with Crippen molar-refractivity contribution in [1.82, 2.24) is 0 Å². The molecule has 0 fully saturated rings. The number of nitrogens with zero attached hydrogens (tertiary/aromatic N) is 1. The van der Waals surface area contributed by atoms with Gasteiger partial charge in [-0.3, -0.25) is 4.99 Å². The Labute approximate surface area is 184 Å². The molecule has 2 aliphatic rings. The van der Waals surface area contributed by atoms with Gasteiger partial charge in [-0.05, 0) is 58.4 Å². The first kappa shape index (κ1) is 20.2. The normalized spacial score (nSPS) is 24.3. The number of aliphatic imine (C=N–C) groups is 1. The van der Waals surface area contributed by atoms with Crippen LogP contribution in [0.2, 0.25) is 0 Å². The molecule has 5 rings (SSSR count). The predicted molar refractivity (Wildman–Crippen MR) is 127 cm³/mol. The number of allylic oxidation sites excluding steroid dienone is 1. The Hall–Kier alpha value is -2.75. The van der Waals surface area contributed by atoms with E-state index in [1.165, 1.54) is 16.5 Å². The van der Waals surface area contributed by atoms with Gasteiger partial charge in [0, 0.05) is 12.6 Å². The molecular formula is C28H29NO2. The standard InChI is InChI=1S/C28H29NO2/c1-20(17-27-25-10-5-4-8-22(25)13-16-31-27)28(14-6-15-29-28)19-26(30)24-12-11-21-7-2-3-9-23(21)18-24/h2-12,14-15,18,20,26-27,30H,13,16-17,19H2,1H3. The van der Waals surface area contributed by atoms with Crippen molar-refractivity contribution in [3.63, 3.8) is 0 Å². The largest absolute Gasteiger partial charge is 0.388 e. The van der Waals surface area contributed by atoms with Gasteiger partial charge in [-0.25, -0.2) is 0 Å². The Balaban J connectivity index is 1.37. The summed E-state index contributed by atoms with van der Waals surface area (Å²) in [5, 5.41) is 13.5. The van der Waals surface area contributed by atoms with Crippen molar-refractivity contribution in [3.05, 3.63) is 95.6 Å². The number of benzene rings is 3. The minimum atomic E-state index is -0.577. The van der Waals surface area contributed by atoms with Crippen LogP contribution in [-0.4, -0.2) is 23.5 Å². The van der Waals surface area contributed by atoms with E-state index < -0.39 is 11.6 Å². The van der Waals surface area contributed by atoms with Gasteiger partial charge in [0.25, 0.3) is 0 Å². The molecule has 3 heteroatoms. The quantitative estimate of drug-likeness (QED) is 0.542. The van der Waals surface area contributed by atoms with Gasteiger partial charge in [0.1, 0.15) is 0 Å². The van der Waals surface area contributed by atoms with Gasteiger partial charge in [-0.2, -0.15) is 0 Å². The summed E-state index contributed by atoms with van der Waals surface area (Å²) < 4.78 is 6.18. The molecular weight excluding hydrogens is 382 g/mol. The Morgan fingerprint density at radius 2 is 1.87 bits per heavy atom. The van der Waals surface area contributed by atoms with Gasteiger partial charge in [-0.1, -0.05) is 73.7 Å². The zero-order valence-electron chi connectivity index (χ0n) is 17.9. The lowest BCUT2D eigenvalue weighted by atomic mass is 9.76. The van der Waals surface area contributed by atoms with Crippen LogP contribution in [0.3, 0.4) is 0 Å². The third kappa shape index (κ3) is 3.96. The number of fused-ring (bicyclic) bond motifs is 2. The van der Waals surface area contributed by atoms with Crippen molar-refractivity contribution < 1.29 is 9.84 Å². The number of ether oxygens (including phenoxy) is 1. The molecule has 0 bridgehead atoms. The minimum Gasteiger partial charge on any atom is -0.388 e. The first-order valence-electron chi connectivity index (χ1n) is 11.2. The van der Waals surface area contributed by atoms with Crippen molar-refractivity contribution in [2.24, 2.45) is 10.9 Å². The highest BCUT2D eigenvalue weighted by Gasteiger charge is 2.39. The highest BCUT2D eigenvalue weighted by molar-refractivity contribution is 5.83. The highest BCUT2D eigenvalue weighted by atomic mass is 16.5. The molecule has 3 nitrogen and oxygen atoms in total. The molecule has 2 aliphatic heterocycles. The molecule has 3 aromatic rings. The third-order valence-corrected chi connectivity index (χ3v) is 6.98. The lowest BCUT2D eigenvalue weighted by molar-refractivity contribution is 0.0172. The average molecular weight is 412 g/mol. The molecule has 31 heavy (non-hydrogen) atoms. The molecule has 3 aromatic carbocycles. The Kier molecular flexibility index (Phi) is 5.47. The Morgan fingerprint density at radius 3 is 2.71 bits per heavy atom. The lowest BCUT2D eigenvalue weighted by Crippen LogP contribution is -2.35. The average Bonchev–Trinajstić information content (AvgIpc) is 3.29. The van der Waals surface area contributed by atoms with Crippen LogP contribution in [0.5, 0.6) is 0 Å². The van der Waals surface area contributed by atoms with E-state index in [1.54, 1.807) is 0 Å². The molecule has 0 aliphatic carbocycles. The summed E-state index contributed by atoms with van der Waals surface area (Å²) in [5.41, 5.74) is 3.22. The topological polar surface area (TPSA) is 41.8 Å². The fourth-order valence-corrected chi connectivity index (χ4v) is 5.09. The van der Waals surface area contributed by atoms with E-state index in [9.17, 15) is 5.11 Å². The van der Waals surface area contributed by atoms with Crippen molar-refractivity contribution in [2.45, 2.75) is 43.9 Å². The molecule has 158 valence electrons. The van der Waals surface area contributed by atoms with E-state index in [1.807, 2.05) is 30.5 Å². The summed E-state index contributed by atoms with van der Waals surface area (Å²) >= 11 is 0. The Bertz CT molecular complexity index is 1120. The molecule has 1 N–H and O–H groups in total. The maximum atomic E-state index is 11.2. The molecule has 0 spiro atoms. The molecule has 0 amide bonds. The number of aliphatic hydroxyl groups excluding tert-OH is 1. The van der Waals surface area contributed by atoms with E-state index in [-0.39, 0.29) is 12.0 Å². The van der Waals surface area contributed by atoms with Crippen LogP contribution in [0, 0.1) is 5.92 Å². The van der Waals surface area contributed by atoms with E-state index in [0.29, 0.717) is 6.42 Å². The summed E-state index contributed by atoms with van der Waals surface area (Å²) in [6, 6.07) is 23.1. The second kappa shape index (κ2) is 8.41. The predicted octanol–water partition coefficient (Wildman–Crippen LogP) is 5.98. The molecule has 0 aromatic heterocycles. The van der Waals surface area contributed by atoms with Crippen molar-refractivity contribution in [2.75, 3.05) is 6.61 Å². The van der Waals surface area contributed by atoms with Crippen LogP contribution in [-0.2, 0) is 11.2 Å². The summed E-state index contributed by atoms with van der Waals surface area (Å²) in [6.07, 6.45) is 7.97. The number of rotatable bonds is 6. The molecule has 4 unspecified atom stereocenters. The minimum absolute atomic E-state index is 0.0823. The second-order valence-corrected chi connectivity index (χ2v) is 8.90. The lowest BCUT2D eigenvalue weighted by Gasteiger charge is -2.36. The third-order valence-electron chi connectivity index (χ3n) is 6.98. The summed E-state index contributed by atoms with van der Waals surface area (Å²) in [6.45, 7) is 3.00. The van der Waals surface area contributed by atoms with Gasteiger partial charge < -0.3 is 9.84 Å². The smallest absolute Gasteiger partial charge is 0.0845 e. The van der Waals surface area contributed by atoms with E-state index in [2.05, 4.69) is 61.5 Å². The highest BCUT2D eigenvalue weighted by Crippen LogP contribution is 2.42. The zero-order chi connectivity index (χ0) is 21.3. The van der Waals surface area contributed by atoms with E-state index in [4.69, 9.17) is 9.73 Å². The van der Waals surface area contributed by atoms with Gasteiger partial charge >= 0.3 is 0 Å². The Morgan fingerprint density at radius 1 is 1.06 bits per heavy atom. The monoisotopic (exact) mass is 411 g/mol. The van der Waals surface area contributed by atoms with Crippen molar-refractivity contribution in [1.29, 1.82) is 0 Å². The van der Waals surface area contributed by atoms with Crippen LogP contribution in [0.1, 0.15) is 48.7 Å². The van der Waals surface area contributed by atoms with Gasteiger partial charge in [-0.15, -0.1) is 0 Å². The first-order chi connectivity index (χ1) is 15.1. The fraction of sp³-hybridized carbons (Fsp3) is 0.321. The fourth-order valence-electron chi connectivity index (χ4n) is 5.09. The second-order valence-electron chi connectivity index (χ2n) is 8.90. The number of hydrogen-bond acceptors (Lipinski definition) is 3. The van der Waals surface area contributed by atoms with Gasteiger partial charge in [0.2, 0.25) is 0 Å². The zero-order valence-corrected chi connectivity index (χ0v) is 17.9. The molecule has 0 saturated carbocycles. The molecule has 0 radical (unpaired) electrons. The summed E-state index contributed by atoms with van der Waals surface area (Å²) in [4.78, 5) is 4.86. The summed E-state index contributed by atoms with van der Waals surface area (Å²) in [7, 11) is 0. The van der Waals surface area contributed by atoms with E-state index in [0.717, 1.165) is 30.4 Å². The summed E-state index contributed by atoms with van der Waals surface area (Å²) in [5.74, 6) is 0.230. The van der Waals surface area contributed by atoms with Crippen LogP contribution < -0.4 is 0 Å². The molecule has 2 heterocycles. The maximum absolute atomic E-state index is 11.2. The number of aliphatic hydroxyl groups is 1. The van der Waals surface area contributed by atoms with Gasteiger partial charge in [0.05, 0.1) is 24.4 Å². The maximum Gasteiger partial charge on any atom is 0.0845 e. The van der Waals surface area contributed by atoms with Crippen LogP contribution in [0.15, 0.2) is 83.9 Å². The number of hydrogen-bond donors (Lipinski definition) is 1. The van der Waals surface area contributed by atoms with Gasteiger partial charge in [0.15, 0.2) is 0 Å². The first-order valence-corrected chi connectivity index (χ1v) is 11.2. The van der Waals surface area contributed by atoms with Crippen LogP contribution >= 0.6 is 0 Å². The molecule has 0 saturated heterocycles. The van der Waals surface area contributed by atoms with Crippen LogP contribution in [0.25, 0.3) is 10.8 Å².